The zero-order valence-corrected chi connectivity index (χ0v) is 12.6. The fourth-order valence-corrected chi connectivity index (χ4v) is 2.44. The minimum absolute atomic E-state index is 0.581. The van der Waals surface area contributed by atoms with E-state index in [2.05, 4.69) is 30.3 Å². The maximum Gasteiger partial charge on any atom is 0.119 e. The lowest BCUT2D eigenvalue weighted by Gasteiger charge is -2.10. The van der Waals surface area contributed by atoms with Crippen molar-refractivity contribution in [2.45, 2.75) is 13.5 Å². The number of hydrogen-bond acceptors (Lipinski definition) is 2. The highest BCUT2D eigenvalue weighted by molar-refractivity contribution is 5.72. The molecule has 0 radical (unpaired) electrons. The van der Waals surface area contributed by atoms with E-state index in [1.165, 1.54) is 5.56 Å². The highest BCUT2D eigenvalue weighted by Gasteiger charge is 2.04. The Bertz CT molecular complexity index is 748. The summed E-state index contributed by atoms with van der Waals surface area (Å²) in [4.78, 5) is 0. The van der Waals surface area contributed by atoms with Crippen molar-refractivity contribution in [2.24, 2.45) is 0 Å². The third-order valence-corrected chi connectivity index (χ3v) is 3.79. The number of nitrogen functional groups attached to an aromatic ring is 1. The summed E-state index contributed by atoms with van der Waals surface area (Å²) >= 11 is 0. The van der Waals surface area contributed by atoms with Gasteiger partial charge in [-0.05, 0) is 47.4 Å². The molecule has 0 aromatic heterocycles. The molecule has 0 amide bonds. The van der Waals surface area contributed by atoms with Gasteiger partial charge in [0.2, 0.25) is 0 Å². The monoisotopic (exact) mass is 289 g/mol. The normalized spacial score (nSPS) is 10.4. The Morgan fingerprint density at radius 3 is 2.27 bits per heavy atom. The smallest absolute Gasteiger partial charge is 0.119 e. The maximum atomic E-state index is 5.98. The molecule has 2 heteroatoms. The second kappa shape index (κ2) is 6.35. The lowest BCUT2D eigenvalue weighted by atomic mass is 9.99. The van der Waals surface area contributed by atoms with Gasteiger partial charge in [0.1, 0.15) is 12.4 Å². The van der Waals surface area contributed by atoms with Crippen LogP contribution in [0.2, 0.25) is 0 Å². The molecule has 22 heavy (non-hydrogen) atoms. The number of rotatable bonds is 4. The minimum atomic E-state index is 0.581. The molecule has 0 aliphatic carbocycles. The van der Waals surface area contributed by atoms with Gasteiger partial charge < -0.3 is 10.5 Å². The fourth-order valence-electron chi connectivity index (χ4n) is 2.44. The van der Waals surface area contributed by atoms with Gasteiger partial charge in [-0.15, -0.1) is 0 Å². The van der Waals surface area contributed by atoms with Gasteiger partial charge in [0.15, 0.2) is 0 Å². The largest absolute Gasteiger partial charge is 0.489 e. The Kier molecular flexibility index (Phi) is 4.10. The molecule has 2 nitrogen and oxygen atoms in total. The molecular formula is C20H19NO. The summed E-state index contributed by atoms with van der Waals surface area (Å²) < 4.78 is 5.81. The first kappa shape index (κ1) is 14.2. The van der Waals surface area contributed by atoms with Crippen LogP contribution in [-0.2, 0) is 6.61 Å². The third-order valence-electron chi connectivity index (χ3n) is 3.79. The SMILES string of the molecule is Cc1c(N)cccc1-c1ccc(OCc2ccccc2)cc1. The van der Waals surface area contributed by atoms with Crippen LogP contribution in [0.15, 0.2) is 72.8 Å². The third kappa shape index (κ3) is 3.12. The summed E-state index contributed by atoms with van der Waals surface area (Å²) in [7, 11) is 0. The van der Waals surface area contributed by atoms with Gasteiger partial charge in [-0.2, -0.15) is 0 Å². The predicted molar refractivity (Wildman–Crippen MR) is 91.8 cm³/mol. The molecule has 3 rings (SSSR count). The van der Waals surface area contributed by atoms with Gasteiger partial charge in [-0.3, -0.25) is 0 Å². The van der Waals surface area contributed by atoms with Crippen LogP contribution in [0.25, 0.3) is 11.1 Å². The minimum Gasteiger partial charge on any atom is -0.489 e. The molecule has 0 bridgehead atoms. The predicted octanol–water partition coefficient (Wildman–Crippen LogP) is 4.82. The molecule has 0 atom stereocenters. The second-order valence-corrected chi connectivity index (χ2v) is 5.32. The number of benzene rings is 3. The van der Waals surface area contributed by atoms with Gasteiger partial charge in [0.25, 0.3) is 0 Å². The average molecular weight is 289 g/mol. The van der Waals surface area contributed by atoms with Crippen molar-refractivity contribution >= 4 is 5.69 Å². The maximum absolute atomic E-state index is 5.98. The molecule has 2 N–H and O–H groups in total. The van der Waals surface area contributed by atoms with E-state index < -0.39 is 0 Å². The van der Waals surface area contributed by atoms with Crippen molar-refractivity contribution in [3.8, 4) is 16.9 Å². The first-order valence-corrected chi connectivity index (χ1v) is 7.36. The van der Waals surface area contributed by atoms with E-state index in [-0.39, 0.29) is 0 Å². The van der Waals surface area contributed by atoms with Crippen molar-refractivity contribution in [3.05, 3.63) is 83.9 Å². The van der Waals surface area contributed by atoms with Crippen molar-refractivity contribution in [1.29, 1.82) is 0 Å². The molecule has 3 aromatic rings. The van der Waals surface area contributed by atoms with Crippen LogP contribution in [0, 0.1) is 6.92 Å². The summed E-state index contributed by atoms with van der Waals surface area (Å²) in [6.45, 7) is 2.63. The number of anilines is 1. The Morgan fingerprint density at radius 1 is 0.818 bits per heavy atom. The van der Waals surface area contributed by atoms with Gasteiger partial charge in [-0.1, -0.05) is 54.6 Å². The van der Waals surface area contributed by atoms with Crippen LogP contribution >= 0.6 is 0 Å². The topological polar surface area (TPSA) is 35.2 Å². The molecule has 0 aliphatic rings. The molecule has 3 aromatic carbocycles. The van der Waals surface area contributed by atoms with Crippen LogP contribution in [-0.4, -0.2) is 0 Å². The first-order valence-electron chi connectivity index (χ1n) is 7.36. The van der Waals surface area contributed by atoms with E-state index in [9.17, 15) is 0 Å². The summed E-state index contributed by atoms with van der Waals surface area (Å²) in [6, 6.07) is 24.3. The fraction of sp³-hybridized carbons (Fsp3) is 0.100. The average Bonchev–Trinajstić information content (AvgIpc) is 2.57. The Morgan fingerprint density at radius 2 is 1.55 bits per heavy atom. The van der Waals surface area contributed by atoms with Gasteiger partial charge in [0, 0.05) is 5.69 Å². The lowest BCUT2D eigenvalue weighted by molar-refractivity contribution is 0.306. The first-order chi connectivity index (χ1) is 10.7. The van der Waals surface area contributed by atoms with E-state index in [4.69, 9.17) is 10.5 Å². The van der Waals surface area contributed by atoms with Gasteiger partial charge in [0.05, 0.1) is 0 Å². The van der Waals surface area contributed by atoms with Crippen LogP contribution < -0.4 is 10.5 Å². The molecule has 110 valence electrons. The van der Waals surface area contributed by atoms with Crippen molar-refractivity contribution in [1.82, 2.24) is 0 Å². The number of ether oxygens (including phenoxy) is 1. The summed E-state index contributed by atoms with van der Waals surface area (Å²) in [5.74, 6) is 0.870. The molecule has 0 saturated carbocycles. The van der Waals surface area contributed by atoms with Crippen LogP contribution in [0.1, 0.15) is 11.1 Å². The number of hydrogen-bond donors (Lipinski definition) is 1. The summed E-state index contributed by atoms with van der Waals surface area (Å²) in [5.41, 5.74) is 11.4. The molecule has 0 heterocycles. The van der Waals surface area contributed by atoms with Crippen LogP contribution in [0.5, 0.6) is 5.75 Å². The quantitative estimate of drug-likeness (QED) is 0.699. The van der Waals surface area contributed by atoms with E-state index in [1.807, 2.05) is 49.4 Å². The Labute approximate surface area is 131 Å². The Hall–Kier alpha value is -2.74. The Balaban J connectivity index is 1.74. The van der Waals surface area contributed by atoms with Crippen LogP contribution in [0.3, 0.4) is 0 Å². The van der Waals surface area contributed by atoms with Gasteiger partial charge >= 0.3 is 0 Å². The van der Waals surface area contributed by atoms with Crippen molar-refractivity contribution < 1.29 is 4.74 Å². The van der Waals surface area contributed by atoms with E-state index in [0.717, 1.165) is 28.1 Å². The summed E-state index contributed by atoms with van der Waals surface area (Å²) in [5, 5.41) is 0. The number of nitrogens with two attached hydrogens (primary N) is 1. The highest BCUT2D eigenvalue weighted by atomic mass is 16.5. The molecule has 0 saturated heterocycles. The molecule has 0 aliphatic heterocycles. The molecule has 0 fully saturated rings. The summed E-state index contributed by atoms with van der Waals surface area (Å²) in [6.07, 6.45) is 0. The lowest BCUT2D eigenvalue weighted by Crippen LogP contribution is -1.95. The molecule has 0 spiro atoms. The van der Waals surface area contributed by atoms with E-state index in [1.54, 1.807) is 0 Å². The van der Waals surface area contributed by atoms with Crippen LogP contribution in [0.4, 0.5) is 5.69 Å². The van der Waals surface area contributed by atoms with Crippen molar-refractivity contribution in [3.63, 3.8) is 0 Å². The van der Waals surface area contributed by atoms with E-state index in [0.29, 0.717) is 6.61 Å². The zero-order chi connectivity index (χ0) is 15.4. The molecule has 0 unspecified atom stereocenters. The van der Waals surface area contributed by atoms with E-state index >= 15 is 0 Å². The zero-order valence-electron chi connectivity index (χ0n) is 12.6. The highest BCUT2D eigenvalue weighted by Crippen LogP contribution is 2.28. The molecular weight excluding hydrogens is 270 g/mol. The van der Waals surface area contributed by atoms with Gasteiger partial charge in [-0.25, -0.2) is 0 Å². The standard InChI is InChI=1S/C20H19NO/c1-15-19(8-5-9-20(15)21)17-10-12-18(13-11-17)22-14-16-6-3-2-4-7-16/h2-13H,14,21H2,1H3. The second-order valence-electron chi connectivity index (χ2n) is 5.32. The van der Waals surface area contributed by atoms with Crippen molar-refractivity contribution in [2.75, 3.05) is 5.73 Å².